The number of hydrogen-bond acceptors (Lipinski definition) is 2. The Kier molecular flexibility index (Phi) is 4.94. The van der Waals surface area contributed by atoms with E-state index in [1.165, 1.54) is 0 Å². The van der Waals surface area contributed by atoms with Gasteiger partial charge in [-0.15, -0.1) is 0 Å². The molecule has 96 valence electrons. The maximum atomic E-state index is 12.4. The van der Waals surface area contributed by atoms with E-state index in [0.29, 0.717) is 6.54 Å². The van der Waals surface area contributed by atoms with Crippen LogP contribution in [0.2, 0.25) is 0 Å². The van der Waals surface area contributed by atoms with Crippen LogP contribution in [0.5, 0.6) is 0 Å². The summed E-state index contributed by atoms with van der Waals surface area (Å²) in [4.78, 5) is 12.4. The molecular formula is C14H24N2O. The second-order valence-electron chi connectivity index (χ2n) is 4.66. The molecule has 0 saturated heterocycles. The lowest BCUT2D eigenvalue weighted by molar-refractivity contribution is 0.496. The van der Waals surface area contributed by atoms with Crippen molar-refractivity contribution >= 4 is 0 Å². The van der Waals surface area contributed by atoms with Gasteiger partial charge >= 0.3 is 0 Å². The number of nitrogens with one attached hydrogen (secondary N) is 1. The topological polar surface area (TPSA) is 34.0 Å². The van der Waals surface area contributed by atoms with Crippen molar-refractivity contribution in [3.8, 4) is 0 Å². The van der Waals surface area contributed by atoms with E-state index < -0.39 is 0 Å². The Bertz CT molecular complexity index is 435. The summed E-state index contributed by atoms with van der Waals surface area (Å²) >= 11 is 0. The van der Waals surface area contributed by atoms with E-state index in [4.69, 9.17) is 0 Å². The molecule has 1 atom stereocenters. The first-order chi connectivity index (χ1) is 8.02. The average molecular weight is 236 g/mol. The zero-order valence-electron chi connectivity index (χ0n) is 11.6. The number of nitrogens with zero attached hydrogens (tertiary/aromatic N) is 1. The molecule has 1 aromatic heterocycles. The van der Waals surface area contributed by atoms with Crippen LogP contribution in [0.4, 0.5) is 0 Å². The lowest BCUT2D eigenvalue weighted by Gasteiger charge is -2.19. The van der Waals surface area contributed by atoms with Crippen LogP contribution in [-0.4, -0.2) is 11.1 Å². The molecule has 1 N–H and O–H groups in total. The predicted octanol–water partition coefficient (Wildman–Crippen LogP) is 2.55. The van der Waals surface area contributed by atoms with Crippen LogP contribution >= 0.6 is 0 Å². The maximum Gasteiger partial charge on any atom is 0.255 e. The van der Waals surface area contributed by atoms with Crippen LogP contribution in [0.1, 0.15) is 50.1 Å². The van der Waals surface area contributed by atoms with Gasteiger partial charge in [0.2, 0.25) is 0 Å². The van der Waals surface area contributed by atoms with Crippen LogP contribution in [-0.2, 0) is 6.54 Å². The van der Waals surface area contributed by atoms with Crippen molar-refractivity contribution in [2.24, 2.45) is 0 Å². The third-order valence-corrected chi connectivity index (χ3v) is 3.34. The fraction of sp³-hybridized carbons (Fsp3) is 0.643. The van der Waals surface area contributed by atoms with Crippen LogP contribution < -0.4 is 10.9 Å². The van der Waals surface area contributed by atoms with Gasteiger partial charge in [-0.25, -0.2) is 0 Å². The SMILES string of the molecule is CCNCc1c(C)cc(C)n(C(C)CC)c1=O. The van der Waals surface area contributed by atoms with Crippen molar-refractivity contribution in [1.29, 1.82) is 0 Å². The molecule has 3 nitrogen and oxygen atoms in total. The molecular weight excluding hydrogens is 212 g/mol. The van der Waals surface area contributed by atoms with E-state index >= 15 is 0 Å². The summed E-state index contributed by atoms with van der Waals surface area (Å²) in [6.45, 7) is 11.8. The minimum Gasteiger partial charge on any atom is -0.313 e. The van der Waals surface area contributed by atoms with Gasteiger partial charge in [0.15, 0.2) is 0 Å². The molecule has 0 bridgehead atoms. The third-order valence-electron chi connectivity index (χ3n) is 3.34. The van der Waals surface area contributed by atoms with Crippen molar-refractivity contribution in [2.75, 3.05) is 6.54 Å². The monoisotopic (exact) mass is 236 g/mol. The van der Waals surface area contributed by atoms with Gasteiger partial charge in [-0.1, -0.05) is 13.8 Å². The van der Waals surface area contributed by atoms with Crippen molar-refractivity contribution in [2.45, 2.75) is 53.6 Å². The van der Waals surface area contributed by atoms with E-state index in [1.807, 2.05) is 18.4 Å². The Labute approximate surface area is 104 Å². The van der Waals surface area contributed by atoms with Gasteiger partial charge in [-0.3, -0.25) is 4.79 Å². The quantitative estimate of drug-likeness (QED) is 0.852. The molecule has 0 aliphatic heterocycles. The Hall–Kier alpha value is -1.09. The van der Waals surface area contributed by atoms with Gasteiger partial charge < -0.3 is 9.88 Å². The van der Waals surface area contributed by atoms with Gasteiger partial charge in [-0.05, 0) is 45.4 Å². The summed E-state index contributed by atoms with van der Waals surface area (Å²) in [5, 5.41) is 3.24. The largest absolute Gasteiger partial charge is 0.313 e. The summed E-state index contributed by atoms with van der Waals surface area (Å²) in [6.07, 6.45) is 0.977. The number of hydrogen-bond donors (Lipinski definition) is 1. The van der Waals surface area contributed by atoms with Gasteiger partial charge in [0.25, 0.3) is 5.56 Å². The molecule has 0 radical (unpaired) electrons. The molecule has 1 aromatic rings. The van der Waals surface area contributed by atoms with E-state index in [9.17, 15) is 4.79 Å². The van der Waals surface area contributed by atoms with Crippen molar-refractivity contribution in [1.82, 2.24) is 9.88 Å². The lowest BCUT2D eigenvalue weighted by Crippen LogP contribution is -2.31. The summed E-state index contributed by atoms with van der Waals surface area (Å²) in [5.41, 5.74) is 3.21. The van der Waals surface area contributed by atoms with Crippen molar-refractivity contribution in [3.05, 3.63) is 33.2 Å². The molecule has 0 aliphatic carbocycles. The number of pyridine rings is 1. The maximum absolute atomic E-state index is 12.4. The van der Waals surface area contributed by atoms with Gasteiger partial charge in [0.05, 0.1) is 0 Å². The van der Waals surface area contributed by atoms with Gasteiger partial charge in [0, 0.05) is 23.8 Å². The summed E-state index contributed by atoms with van der Waals surface area (Å²) < 4.78 is 1.92. The number of rotatable bonds is 5. The first kappa shape index (κ1) is 14.0. The molecule has 1 heterocycles. The summed E-state index contributed by atoms with van der Waals surface area (Å²) in [6, 6.07) is 2.38. The highest BCUT2D eigenvalue weighted by Gasteiger charge is 2.13. The highest BCUT2D eigenvalue weighted by atomic mass is 16.1. The highest BCUT2D eigenvalue weighted by molar-refractivity contribution is 5.26. The fourth-order valence-electron chi connectivity index (χ4n) is 2.14. The van der Waals surface area contributed by atoms with E-state index in [0.717, 1.165) is 29.8 Å². The number of aromatic nitrogens is 1. The molecule has 17 heavy (non-hydrogen) atoms. The molecule has 0 aromatic carbocycles. The molecule has 0 amide bonds. The van der Waals surface area contributed by atoms with E-state index in [1.54, 1.807) is 0 Å². The Morgan fingerprint density at radius 1 is 1.35 bits per heavy atom. The lowest BCUT2D eigenvalue weighted by atomic mass is 10.1. The van der Waals surface area contributed by atoms with Gasteiger partial charge in [0.1, 0.15) is 0 Å². The van der Waals surface area contributed by atoms with E-state index in [2.05, 4.69) is 32.2 Å². The molecule has 0 spiro atoms. The zero-order chi connectivity index (χ0) is 13.0. The second-order valence-corrected chi connectivity index (χ2v) is 4.66. The average Bonchev–Trinajstić information content (AvgIpc) is 2.28. The first-order valence-electron chi connectivity index (χ1n) is 6.45. The predicted molar refractivity (Wildman–Crippen MR) is 72.6 cm³/mol. The van der Waals surface area contributed by atoms with Gasteiger partial charge in [-0.2, -0.15) is 0 Å². The number of aryl methyl sites for hydroxylation is 2. The van der Waals surface area contributed by atoms with Crippen LogP contribution in [0.25, 0.3) is 0 Å². The zero-order valence-corrected chi connectivity index (χ0v) is 11.6. The second kappa shape index (κ2) is 6.01. The minimum atomic E-state index is 0.165. The third kappa shape index (κ3) is 2.97. The first-order valence-corrected chi connectivity index (χ1v) is 6.45. The highest BCUT2D eigenvalue weighted by Crippen LogP contribution is 2.13. The van der Waals surface area contributed by atoms with Crippen LogP contribution in [0, 0.1) is 13.8 Å². The minimum absolute atomic E-state index is 0.165. The molecule has 1 rings (SSSR count). The molecule has 0 fully saturated rings. The molecule has 0 aliphatic rings. The Morgan fingerprint density at radius 3 is 2.53 bits per heavy atom. The Morgan fingerprint density at radius 2 is 2.00 bits per heavy atom. The summed E-state index contributed by atoms with van der Waals surface area (Å²) in [5.74, 6) is 0. The van der Waals surface area contributed by atoms with E-state index in [-0.39, 0.29) is 11.6 Å². The molecule has 3 heteroatoms. The van der Waals surface area contributed by atoms with Crippen molar-refractivity contribution in [3.63, 3.8) is 0 Å². The fourth-order valence-corrected chi connectivity index (χ4v) is 2.14. The van der Waals surface area contributed by atoms with Crippen molar-refractivity contribution < 1.29 is 0 Å². The van der Waals surface area contributed by atoms with Crippen LogP contribution in [0.3, 0.4) is 0 Å². The normalized spacial score (nSPS) is 12.8. The standard InChI is InChI=1S/C14H24N2O/c1-6-11(4)16-12(5)8-10(3)13(14(16)17)9-15-7-2/h8,11,15H,6-7,9H2,1-5H3. The Balaban J connectivity index is 3.28. The summed E-state index contributed by atoms with van der Waals surface area (Å²) in [7, 11) is 0. The van der Waals surface area contributed by atoms with Crippen LogP contribution in [0.15, 0.2) is 10.9 Å². The smallest absolute Gasteiger partial charge is 0.255 e. The molecule has 0 saturated carbocycles. The molecule has 1 unspecified atom stereocenters.